The molecule has 2 aliphatic heterocycles. The largest absolute Gasteiger partial charge is 0.508 e. The number of phenols is 2. The number of rotatable bonds is 6. The molecule has 0 spiro atoms. The van der Waals surface area contributed by atoms with E-state index in [-0.39, 0.29) is 15.9 Å². The van der Waals surface area contributed by atoms with Gasteiger partial charge in [0.2, 0.25) is 0 Å². The highest BCUT2D eigenvalue weighted by atomic mass is 32.2. The monoisotopic (exact) mass is 481 g/mol. The molecule has 0 saturated carbocycles. The first-order valence-corrected chi connectivity index (χ1v) is 12.5. The lowest BCUT2D eigenvalue weighted by molar-refractivity contribution is 0.172. The molecule has 2 N–H and O–H groups in total. The van der Waals surface area contributed by atoms with Crippen molar-refractivity contribution in [1.82, 2.24) is 4.90 Å². The summed E-state index contributed by atoms with van der Waals surface area (Å²) in [6.07, 6.45) is 2.09. The van der Waals surface area contributed by atoms with Gasteiger partial charge in [-0.15, -0.1) is 11.8 Å². The lowest BCUT2D eigenvalue weighted by Crippen LogP contribution is -2.34. The van der Waals surface area contributed by atoms with Gasteiger partial charge in [-0.3, -0.25) is 4.90 Å². The lowest BCUT2D eigenvalue weighted by Gasteiger charge is -2.34. The number of aromatic hydroxyl groups is 2. The van der Waals surface area contributed by atoms with E-state index in [1.54, 1.807) is 24.3 Å². The Hall–Kier alpha value is -2.90. The van der Waals surface area contributed by atoms with Gasteiger partial charge in [0, 0.05) is 6.04 Å². The number of benzene rings is 3. The van der Waals surface area contributed by atoms with E-state index in [0.29, 0.717) is 18.4 Å². The standard InChI is InChI=1S/C27H28FNO4S/c1-17(29-13-2-3-14-29)16-32-21-9-7-18(8-10-21)25-26(19-5-4-6-20(30)15-19)34-27-23(33-25)12-11-22(31)24(27)28/h4-12,15,17,25-26,30-31H,2-3,13-14,16H2,1H3/t17-,25-,26+/m0/s1. The Labute approximate surface area is 203 Å². The highest BCUT2D eigenvalue weighted by Gasteiger charge is 2.36. The third-order valence-corrected chi connectivity index (χ3v) is 7.87. The van der Waals surface area contributed by atoms with Crippen molar-refractivity contribution < 1.29 is 24.1 Å². The zero-order chi connectivity index (χ0) is 23.7. The highest BCUT2D eigenvalue weighted by Crippen LogP contribution is 2.55. The molecule has 0 aromatic heterocycles. The van der Waals surface area contributed by atoms with E-state index in [1.165, 1.54) is 30.7 Å². The van der Waals surface area contributed by atoms with Crippen molar-refractivity contribution in [3.05, 3.63) is 77.6 Å². The number of nitrogens with zero attached hydrogens (tertiary/aromatic N) is 1. The Balaban J connectivity index is 1.39. The fourth-order valence-corrected chi connectivity index (χ4v) is 5.88. The number of fused-ring (bicyclic) bond motifs is 1. The summed E-state index contributed by atoms with van der Waals surface area (Å²) in [5, 5.41) is 19.6. The fraction of sp³-hybridized carbons (Fsp3) is 0.333. The van der Waals surface area contributed by atoms with Crippen LogP contribution in [0.4, 0.5) is 4.39 Å². The summed E-state index contributed by atoms with van der Waals surface area (Å²) in [4.78, 5) is 2.72. The number of hydrogen-bond donors (Lipinski definition) is 2. The van der Waals surface area contributed by atoms with E-state index in [0.717, 1.165) is 30.0 Å². The number of thioether (sulfide) groups is 1. The minimum Gasteiger partial charge on any atom is -0.508 e. The Bertz CT molecular complexity index is 1150. The van der Waals surface area contributed by atoms with E-state index in [9.17, 15) is 14.6 Å². The Morgan fingerprint density at radius 1 is 1.06 bits per heavy atom. The normalized spacial score (nSPS) is 21.0. The minimum absolute atomic E-state index is 0.134. The molecule has 34 heavy (non-hydrogen) atoms. The number of phenolic OH excluding ortho intramolecular Hbond substituents is 2. The van der Waals surface area contributed by atoms with Crippen LogP contribution in [0.25, 0.3) is 0 Å². The predicted octanol–water partition coefficient (Wildman–Crippen LogP) is 6.07. The summed E-state index contributed by atoms with van der Waals surface area (Å²) < 4.78 is 27.0. The predicted molar refractivity (Wildman–Crippen MR) is 130 cm³/mol. The van der Waals surface area contributed by atoms with Crippen molar-refractivity contribution in [3.8, 4) is 23.0 Å². The summed E-state index contributed by atoms with van der Waals surface area (Å²) >= 11 is 1.29. The molecule has 2 aliphatic rings. The van der Waals surface area contributed by atoms with Crippen molar-refractivity contribution in [1.29, 1.82) is 0 Å². The first kappa shape index (κ1) is 22.9. The average Bonchev–Trinajstić information content (AvgIpc) is 3.40. The van der Waals surface area contributed by atoms with Gasteiger partial charge in [-0.05, 0) is 80.4 Å². The summed E-state index contributed by atoms with van der Waals surface area (Å²) in [5.41, 5.74) is 1.73. The SMILES string of the molecule is C[C@@H](COc1ccc([C@@H]2Oc3ccc(O)c(F)c3S[C@@H]2c2cccc(O)c2)cc1)N1CCCC1. The van der Waals surface area contributed by atoms with Gasteiger partial charge in [0.05, 0.1) is 10.1 Å². The van der Waals surface area contributed by atoms with Crippen molar-refractivity contribution >= 4 is 11.8 Å². The zero-order valence-corrected chi connectivity index (χ0v) is 19.8. The molecule has 1 saturated heterocycles. The van der Waals surface area contributed by atoms with E-state index >= 15 is 0 Å². The zero-order valence-electron chi connectivity index (χ0n) is 19.0. The molecule has 0 aliphatic carbocycles. The van der Waals surface area contributed by atoms with E-state index in [2.05, 4.69) is 11.8 Å². The van der Waals surface area contributed by atoms with Crippen molar-refractivity contribution in [3.63, 3.8) is 0 Å². The Morgan fingerprint density at radius 3 is 2.56 bits per heavy atom. The molecular weight excluding hydrogens is 453 g/mol. The molecule has 0 unspecified atom stereocenters. The molecule has 3 aromatic rings. The third-order valence-electron chi connectivity index (χ3n) is 6.48. The molecule has 0 bridgehead atoms. The number of halogens is 1. The quantitative estimate of drug-likeness (QED) is 0.446. The van der Waals surface area contributed by atoms with Crippen molar-refractivity contribution in [2.24, 2.45) is 0 Å². The van der Waals surface area contributed by atoms with E-state index in [1.807, 2.05) is 30.3 Å². The summed E-state index contributed by atoms with van der Waals surface area (Å²) in [5.74, 6) is 0.217. The molecule has 3 aromatic carbocycles. The van der Waals surface area contributed by atoms with Crippen LogP contribution in [0.15, 0.2) is 65.6 Å². The van der Waals surface area contributed by atoms with Crippen LogP contribution in [0.1, 0.15) is 42.2 Å². The molecule has 0 radical (unpaired) electrons. The van der Waals surface area contributed by atoms with Gasteiger partial charge < -0.3 is 19.7 Å². The molecule has 2 heterocycles. The molecule has 5 rings (SSSR count). The van der Waals surface area contributed by atoms with E-state index < -0.39 is 17.7 Å². The van der Waals surface area contributed by atoms with Gasteiger partial charge in [0.15, 0.2) is 11.6 Å². The number of hydrogen-bond acceptors (Lipinski definition) is 6. The molecule has 1 fully saturated rings. The van der Waals surface area contributed by atoms with Crippen LogP contribution in [-0.2, 0) is 0 Å². The van der Waals surface area contributed by atoms with Gasteiger partial charge >= 0.3 is 0 Å². The summed E-state index contributed by atoms with van der Waals surface area (Å²) in [7, 11) is 0. The fourth-order valence-electron chi connectivity index (χ4n) is 4.56. The van der Waals surface area contributed by atoms with Gasteiger partial charge in [0.1, 0.15) is 30.0 Å². The van der Waals surface area contributed by atoms with Gasteiger partial charge in [-0.1, -0.05) is 24.3 Å². The van der Waals surface area contributed by atoms with Crippen molar-refractivity contribution in [2.75, 3.05) is 19.7 Å². The van der Waals surface area contributed by atoms with E-state index in [4.69, 9.17) is 9.47 Å². The molecule has 3 atom stereocenters. The molecule has 0 amide bonds. The van der Waals surface area contributed by atoms with Crippen LogP contribution in [0.2, 0.25) is 0 Å². The molecule has 178 valence electrons. The van der Waals surface area contributed by atoms with Crippen LogP contribution in [-0.4, -0.2) is 40.9 Å². The number of likely N-dealkylation sites (tertiary alicyclic amines) is 1. The maximum absolute atomic E-state index is 14.7. The molecule has 5 nitrogen and oxygen atoms in total. The second kappa shape index (κ2) is 9.76. The van der Waals surface area contributed by atoms with Crippen LogP contribution in [0.3, 0.4) is 0 Å². The number of ether oxygens (including phenoxy) is 2. The maximum Gasteiger partial charge on any atom is 0.182 e. The smallest absolute Gasteiger partial charge is 0.182 e. The molecular formula is C27H28FNO4S. The average molecular weight is 482 g/mol. The van der Waals surface area contributed by atoms with Gasteiger partial charge in [-0.25, -0.2) is 4.39 Å². The van der Waals surface area contributed by atoms with Crippen molar-refractivity contribution in [2.45, 2.75) is 42.1 Å². The van der Waals surface area contributed by atoms with Crippen LogP contribution in [0, 0.1) is 5.82 Å². The minimum atomic E-state index is -0.693. The summed E-state index contributed by atoms with van der Waals surface area (Å²) in [6.45, 7) is 5.10. The maximum atomic E-state index is 14.7. The first-order valence-electron chi connectivity index (χ1n) is 11.6. The van der Waals surface area contributed by atoms with Crippen LogP contribution < -0.4 is 9.47 Å². The van der Waals surface area contributed by atoms with Crippen LogP contribution in [0.5, 0.6) is 23.0 Å². The first-order chi connectivity index (χ1) is 16.5. The topological polar surface area (TPSA) is 62.2 Å². The van der Waals surface area contributed by atoms with Gasteiger partial charge in [0.25, 0.3) is 0 Å². The molecule has 7 heteroatoms. The Kier molecular flexibility index (Phi) is 6.57. The third kappa shape index (κ3) is 4.68. The second-order valence-electron chi connectivity index (χ2n) is 8.87. The van der Waals surface area contributed by atoms with Crippen LogP contribution >= 0.6 is 11.8 Å². The van der Waals surface area contributed by atoms with Gasteiger partial charge in [-0.2, -0.15) is 0 Å². The highest BCUT2D eigenvalue weighted by molar-refractivity contribution is 7.99. The summed E-state index contributed by atoms with van der Waals surface area (Å²) in [6, 6.07) is 18.0. The second-order valence-corrected chi connectivity index (χ2v) is 10.0. The lowest BCUT2D eigenvalue weighted by atomic mass is 9.99. The Morgan fingerprint density at radius 2 is 1.82 bits per heavy atom.